The first-order valence-corrected chi connectivity index (χ1v) is 14.1. The molecule has 1 saturated heterocycles. The molecule has 2 fully saturated rings. The Balaban J connectivity index is 1.61. The van der Waals surface area contributed by atoms with Gasteiger partial charge in [0.2, 0.25) is 5.91 Å². The van der Waals surface area contributed by atoms with Gasteiger partial charge in [0, 0.05) is 17.8 Å². The van der Waals surface area contributed by atoms with Gasteiger partial charge >= 0.3 is 0 Å². The fraction of sp³-hybridized carbons (Fsp3) is 0.480. The van der Waals surface area contributed by atoms with Crippen molar-refractivity contribution < 1.29 is 26.8 Å². The van der Waals surface area contributed by atoms with Gasteiger partial charge in [-0.05, 0) is 62.3 Å². The standard InChI is InChI=1S/C25H28ClF2N3O4S/c1-3-15-7-8-22(31(15)25(33)21-11-16(9-10-29-21)36(34,35)4-2)24(32)30-23(14-5-6-14)17-12-20(28)18(26)13-19(17)27/h9-15,22-23H,3-8H2,1-2H3,(H,30,32)/t15-,22-,23?/m1/s1. The number of hydrogen-bond donors (Lipinski definition) is 1. The van der Waals surface area contributed by atoms with Gasteiger partial charge in [-0.25, -0.2) is 17.2 Å². The lowest BCUT2D eigenvalue weighted by molar-refractivity contribution is -0.126. The van der Waals surface area contributed by atoms with E-state index in [1.54, 1.807) is 0 Å². The Hall–Kier alpha value is -2.59. The van der Waals surface area contributed by atoms with E-state index >= 15 is 0 Å². The molecule has 1 saturated carbocycles. The maximum absolute atomic E-state index is 14.7. The SMILES string of the molecule is CC[C@@H]1CC[C@H](C(=O)NC(c2cc(F)c(Cl)cc2F)C2CC2)N1C(=O)c1cc(S(=O)(=O)CC)ccn1. The Morgan fingerprint density at radius 3 is 2.50 bits per heavy atom. The van der Waals surface area contributed by atoms with Gasteiger partial charge in [-0.15, -0.1) is 0 Å². The highest BCUT2D eigenvalue weighted by molar-refractivity contribution is 7.91. The molecular formula is C25H28ClF2N3O4S. The van der Waals surface area contributed by atoms with E-state index < -0.39 is 45.4 Å². The van der Waals surface area contributed by atoms with Crippen molar-refractivity contribution in [2.45, 2.75) is 69.0 Å². The number of nitrogens with zero attached hydrogens (tertiary/aromatic N) is 2. The maximum Gasteiger partial charge on any atom is 0.273 e. The van der Waals surface area contributed by atoms with Crippen LogP contribution >= 0.6 is 11.6 Å². The van der Waals surface area contributed by atoms with Crippen molar-refractivity contribution in [3.63, 3.8) is 0 Å². The van der Waals surface area contributed by atoms with Gasteiger partial charge in [-0.1, -0.05) is 25.4 Å². The summed E-state index contributed by atoms with van der Waals surface area (Å²) in [5.41, 5.74) is -0.0398. The number of amides is 2. The van der Waals surface area contributed by atoms with Crippen LogP contribution < -0.4 is 5.32 Å². The van der Waals surface area contributed by atoms with Crippen LogP contribution in [0.5, 0.6) is 0 Å². The van der Waals surface area contributed by atoms with Gasteiger partial charge in [0.05, 0.1) is 21.7 Å². The van der Waals surface area contributed by atoms with Gasteiger partial charge in [-0.3, -0.25) is 14.6 Å². The lowest BCUT2D eigenvalue weighted by Crippen LogP contribution is -2.50. The van der Waals surface area contributed by atoms with Crippen molar-refractivity contribution in [1.29, 1.82) is 0 Å². The third kappa shape index (κ3) is 5.25. The monoisotopic (exact) mass is 539 g/mol. The summed E-state index contributed by atoms with van der Waals surface area (Å²) in [5, 5.41) is 2.51. The van der Waals surface area contributed by atoms with Gasteiger partial charge < -0.3 is 10.2 Å². The summed E-state index contributed by atoms with van der Waals surface area (Å²) in [6, 6.07) is 2.63. The highest BCUT2D eigenvalue weighted by Crippen LogP contribution is 2.43. The smallest absolute Gasteiger partial charge is 0.273 e. The number of pyridine rings is 1. The van der Waals surface area contributed by atoms with Crippen molar-refractivity contribution >= 4 is 33.3 Å². The minimum atomic E-state index is -3.55. The Morgan fingerprint density at radius 2 is 1.86 bits per heavy atom. The Bertz CT molecular complexity index is 1290. The lowest BCUT2D eigenvalue weighted by Gasteiger charge is -2.30. The molecule has 2 aromatic rings. The topological polar surface area (TPSA) is 96.4 Å². The van der Waals surface area contributed by atoms with Crippen LogP contribution in [0.15, 0.2) is 35.4 Å². The number of likely N-dealkylation sites (tertiary alicyclic amines) is 1. The summed E-state index contributed by atoms with van der Waals surface area (Å²) >= 11 is 5.70. The fourth-order valence-corrected chi connectivity index (χ4v) is 5.82. The molecular weight excluding hydrogens is 512 g/mol. The van der Waals surface area contributed by atoms with Gasteiger partial charge in [-0.2, -0.15) is 0 Å². The van der Waals surface area contributed by atoms with E-state index in [0.29, 0.717) is 19.3 Å². The molecule has 1 aliphatic heterocycles. The zero-order valence-electron chi connectivity index (χ0n) is 20.0. The van der Waals surface area contributed by atoms with E-state index in [0.717, 1.165) is 25.0 Å². The van der Waals surface area contributed by atoms with E-state index in [1.807, 2.05) is 6.92 Å². The molecule has 0 bridgehead atoms. The highest BCUT2D eigenvalue weighted by Gasteiger charge is 2.43. The first kappa shape index (κ1) is 26.5. The third-order valence-corrected chi connectivity index (χ3v) is 8.99. The predicted octanol–water partition coefficient (Wildman–Crippen LogP) is 4.46. The van der Waals surface area contributed by atoms with E-state index in [9.17, 15) is 26.8 Å². The van der Waals surface area contributed by atoms with Crippen LogP contribution in [-0.2, 0) is 14.6 Å². The number of sulfone groups is 1. The first-order chi connectivity index (χ1) is 17.1. The normalized spacial score (nSPS) is 20.9. The van der Waals surface area contributed by atoms with Crippen LogP contribution in [0, 0.1) is 17.6 Å². The van der Waals surface area contributed by atoms with Crippen molar-refractivity contribution in [3.8, 4) is 0 Å². The van der Waals surface area contributed by atoms with Crippen LogP contribution in [0.2, 0.25) is 5.02 Å². The van der Waals surface area contributed by atoms with Crippen LogP contribution in [0.3, 0.4) is 0 Å². The van der Waals surface area contributed by atoms with E-state index in [2.05, 4.69) is 10.3 Å². The molecule has 1 aliphatic carbocycles. The fourth-order valence-electron chi connectivity index (χ4n) is 4.77. The average Bonchev–Trinajstić information content (AvgIpc) is 3.62. The number of benzene rings is 1. The van der Waals surface area contributed by atoms with Gasteiger partial charge in [0.15, 0.2) is 9.84 Å². The predicted molar refractivity (Wildman–Crippen MR) is 130 cm³/mol. The van der Waals surface area contributed by atoms with Gasteiger partial charge in [0.1, 0.15) is 23.4 Å². The van der Waals surface area contributed by atoms with Crippen molar-refractivity contribution in [2.75, 3.05) is 5.75 Å². The van der Waals surface area contributed by atoms with Crippen molar-refractivity contribution in [1.82, 2.24) is 15.2 Å². The van der Waals surface area contributed by atoms with Gasteiger partial charge in [0.25, 0.3) is 5.91 Å². The number of carbonyl (C=O) groups is 2. The number of halogens is 3. The van der Waals surface area contributed by atoms with Crippen LogP contribution in [0.4, 0.5) is 8.78 Å². The molecule has 2 heterocycles. The summed E-state index contributed by atoms with van der Waals surface area (Å²) < 4.78 is 53.4. The van der Waals surface area contributed by atoms with Crippen LogP contribution in [0.25, 0.3) is 0 Å². The second kappa shape index (κ2) is 10.4. The van der Waals surface area contributed by atoms with Crippen LogP contribution in [-0.4, -0.2) is 48.0 Å². The summed E-state index contributed by atoms with van der Waals surface area (Å²) in [6.45, 7) is 3.41. The molecule has 2 amide bonds. The molecule has 1 unspecified atom stereocenters. The summed E-state index contributed by atoms with van der Waals surface area (Å²) in [7, 11) is -3.55. The Morgan fingerprint density at radius 1 is 1.14 bits per heavy atom. The summed E-state index contributed by atoms with van der Waals surface area (Å²) in [4.78, 5) is 32.5. The van der Waals surface area contributed by atoms with E-state index in [1.165, 1.54) is 30.2 Å². The molecule has 1 aromatic heterocycles. The lowest BCUT2D eigenvalue weighted by atomic mass is 10.0. The molecule has 2 aliphatic rings. The average molecular weight is 540 g/mol. The Labute approximate surface area is 214 Å². The molecule has 194 valence electrons. The minimum Gasteiger partial charge on any atom is -0.347 e. The first-order valence-electron chi connectivity index (χ1n) is 12.0. The van der Waals surface area contributed by atoms with Crippen LogP contribution in [0.1, 0.15) is 68.0 Å². The highest BCUT2D eigenvalue weighted by atomic mass is 35.5. The Kier molecular flexibility index (Phi) is 7.66. The molecule has 4 rings (SSSR count). The van der Waals surface area contributed by atoms with E-state index in [-0.39, 0.29) is 38.9 Å². The zero-order valence-corrected chi connectivity index (χ0v) is 21.6. The molecule has 0 spiro atoms. The zero-order chi connectivity index (χ0) is 26.2. The second-order valence-corrected chi connectivity index (χ2v) is 11.9. The van der Waals surface area contributed by atoms with Crippen molar-refractivity contribution in [3.05, 3.63) is 58.4 Å². The quantitative estimate of drug-likeness (QED) is 0.500. The maximum atomic E-state index is 14.7. The molecule has 0 radical (unpaired) electrons. The molecule has 7 nitrogen and oxygen atoms in total. The minimum absolute atomic E-state index is 0.00867. The number of nitrogens with one attached hydrogen (secondary N) is 1. The molecule has 3 atom stereocenters. The largest absolute Gasteiger partial charge is 0.347 e. The second-order valence-electron chi connectivity index (χ2n) is 9.26. The third-order valence-electron chi connectivity index (χ3n) is 6.97. The number of rotatable bonds is 8. The molecule has 36 heavy (non-hydrogen) atoms. The molecule has 11 heteroatoms. The summed E-state index contributed by atoms with van der Waals surface area (Å²) in [5.74, 6) is -2.66. The van der Waals surface area contributed by atoms with Crippen molar-refractivity contribution in [2.24, 2.45) is 5.92 Å². The molecule has 1 N–H and O–H groups in total. The van der Waals surface area contributed by atoms with E-state index in [4.69, 9.17) is 11.6 Å². The molecule has 1 aromatic carbocycles. The number of aromatic nitrogens is 1. The number of carbonyl (C=O) groups excluding carboxylic acids is 2. The summed E-state index contributed by atoms with van der Waals surface area (Å²) in [6.07, 6.45) is 4.32. The number of hydrogen-bond acceptors (Lipinski definition) is 5.